The van der Waals surface area contributed by atoms with E-state index in [4.69, 9.17) is 27.4 Å². The van der Waals surface area contributed by atoms with E-state index < -0.39 is 5.79 Å². The van der Waals surface area contributed by atoms with Gasteiger partial charge in [0, 0.05) is 5.92 Å². The molecule has 0 aromatic rings. The van der Waals surface area contributed by atoms with Gasteiger partial charge in [0.05, 0.1) is 17.2 Å². The highest BCUT2D eigenvalue weighted by molar-refractivity contribution is 7.80. The molecule has 0 unspecified atom stereocenters. The molecule has 80 valence electrons. The van der Waals surface area contributed by atoms with Crippen molar-refractivity contribution < 1.29 is 9.47 Å². The molecule has 2 N–H and O–H groups in total. The minimum absolute atomic E-state index is 0.0671. The lowest BCUT2D eigenvalue weighted by Gasteiger charge is -2.21. The number of thiocarbonyl (C=S) groups is 1. The summed E-state index contributed by atoms with van der Waals surface area (Å²) in [6, 6.07) is 0. The first-order valence-electron chi connectivity index (χ1n) is 5.05. The Bertz CT molecular complexity index is 267. The maximum absolute atomic E-state index is 5.83. The van der Waals surface area contributed by atoms with E-state index in [-0.39, 0.29) is 18.1 Å². The Morgan fingerprint density at radius 1 is 1.36 bits per heavy atom. The van der Waals surface area contributed by atoms with Crippen molar-refractivity contribution in [2.45, 2.75) is 45.2 Å². The molecule has 1 heterocycles. The van der Waals surface area contributed by atoms with Gasteiger partial charge in [0.25, 0.3) is 0 Å². The van der Waals surface area contributed by atoms with Gasteiger partial charge in [-0.25, -0.2) is 0 Å². The zero-order chi connectivity index (χ0) is 10.5. The van der Waals surface area contributed by atoms with Crippen LogP contribution >= 0.6 is 12.2 Å². The van der Waals surface area contributed by atoms with E-state index in [1.165, 1.54) is 0 Å². The SMILES string of the molecule is C[C@@H]1C[C@H](C(N)=S)[C@H]2OC(C)(C)O[C@H]21. The quantitative estimate of drug-likeness (QED) is 0.672. The van der Waals surface area contributed by atoms with Crippen LogP contribution in [-0.2, 0) is 9.47 Å². The van der Waals surface area contributed by atoms with Crippen LogP contribution in [0.15, 0.2) is 0 Å². The van der Waals surface area contributed by atoms with Gasteiger partial charge in [-0.15, -0.1) is 0 Å². The molecule has 3 nitrogen and oxygen atoms in total. The highest BCUT2D eigenvalue weighted by Gasteiger charge is 2.53. The van der Waals surface area contributed by atoms with Gasteiger partial charge in [0.15, 0.2) is 5.79 Å². The zero-order valence-electron chi connectivity index (χ0n) is 8.82. The van der Waals surface area contributed by atoms with E-state index >= 15 is 0 Å². The molecule has 4 heteroatoms. The number of ether oxygens (including phenoxy) is 2. The van der Waals surface area contributed by atoms with E-state index in [0.29, 0.717) is 10.9 Å². The summed E-state index contributed by atoms with van der Waals surface area (Å²) in [6.45, 7) is 6.05. The van der Waals surface area contributed by atoms with Crippen molar-refractivity contribution in [3.8, 4) is 0 Å². The highest BCUT2D eigenvalue weighted by Crippen LogP contribution is 2.44. The molecule has 2 fully saturated rings. The fourth-order valence-electron chi connectivity index (χ4n) is 2.52. The first kappa shape index (κ1) is 10.3. The third-order valence-electron chi connectivity index (χ3n) is 3.11. The molecule has 4 atom stereocenters. The van der Waals surface area contributed by atoms with Gasteiger partial charge in [-0.2, -0.15) is 0 Å². The summed E-state index contributed by atoms with van der Waals surface area (Å²) in [5.74, 6) is 0.188. The van der Waals surface area contributed by atoms with E-state index in [1.807, 2.05) is 13.8 Å². The van der Waals surface area contributed by atoms with Crippen molar-refractivity contribution >= 4 is 17.2 Å². The predicted octanol–water partition coefficient (Wildman–Crippen LogP) is 1.45. The van der Waals surface area contributed by atoms with Crippen LogP contribution in [-0.4, -0.2) is 23.0 Å². The van der Waals surface area contributed by atoms with E-state index in [2.05, 4.69) is 6.92 Å². The summed E-state index contributed by atoms with van der Waals surface area (Å²) >= 11 is 5.05. The molecule has 0 aromatic carbocycles. The molecule has 2 rings (SSSR count). The van der Waals surface area contributed by atoms with Crippen molar-refractivity contribution in [2.75, 3.05) is 0 Å². The largest absolute Gasteiger partial charge is 0.393 e. The summed E-state index contributed by atoms with van der Waals surface area (Å²) in [7, 11) is 0. The second-order valence-corrected chi connectivity index (χ2v) is 5.26. The van der Waals surface area contributed by atoms with Crippen LogP contribution in [0.2, 0.25) is 0 Å². The zero-order valence-corrected chi connectivity index (χ0v) is 9.64. The van der Waals surface area contributed by atoms with Gasteiger partial charge >= 0.3 is 0 Å². The minimum Gasteiger partial charge on any atom is -0.393 e. The summed E-state index contributed by atoms with van der Waals surface area (Å²) < 4.78 is 11.7. The molecule has 0 amide bonds. The van der Waals surface area contributed by atoms with Crippen LogP contribution in [0, 0.1) is 11.8 Å². The lowest BCUT2D eigenvalue weighted by Crippen LogP contribution is -2.33. The third kappa shape index (κ3) is 1.55. The fraction of sp³-hybridized carbons (Fsp3) is 0.900. The smallest absolute Gasteiger partial charge is 0.163 e. The second kappa shape index (κ2) is 3.15. The maximum Gasteiger partial charge on any atom is 0.163 e. The minimum atomic E-state index is -0.479. The molecule has 0 spiro atoms. The second-order valence-electron chi connectivity index (χ2n) is 4.79. The van der Waals surface area contributed by atoms with Crippen LogP contribution in [0.25, 0.3) is 0 Å². The van der Waals surface area contributed by atoms with Gasteiger partial charge in [-0.05, 0) is 26.2 Å². The fourth-order valence-corrected chi connectivity index (χ4v) is 2.75. The topological polar surface area (TPSA) is 44.5 Å². The van der Waals surface area contributed by atoms with E-state index in [9.17, 15) is 0 Å². The van der Waals surface area contributed by atoms with Crippen molar-refractivity contribution in [1.82, 2.24) is 0 Å². The van der Waals surface area contributed by atoms with Crippen molar-refractivity contribution in [3.05, 3.63) is 0 Å². The van der Waals surface area contributed by atoms with Gasteiger partial charge in [-0.1, -0.05) is 19.1 Å². The van der Waals surface area contributed by atoms with Crippen LogP contribution < -0.4 is 5.73 Å². The summed E-state index contributed by atoms with van der Waals surface area (Å²) in [4.78, 5) is 0.561. The Balaban J connectivity index is 2.19. The molecule has 0 aromatic heterocycles. The first-order chi connectivity index (χ1) is 6.41. The standard InChI is InChI=1S/C10H17NO2S/c1-5-4-6(9(11)14)8-7(5)12-10(2,3)13-8/h5-8H,4H2,1-3H3,(H2,11,14)/t5-,6+,7+,8-/m1/s1. The Kier molecular flexibility index (Phi) is 2.33. The first-order valence-corrected chi connectivity index (χ1v) is 5.46. The van der Waals surface area contributed by atoms with Gasteiger partial charge in [0.1, 0.15) is 0 Å². The average Bonchev–Trinajstić information content (AvgIpc) is 2.47. The van der Waals surface area contributed by atoms with E-state index in [0.717, 1.165) is 6.42 Å². The molecular weight excluding hydrogens is 198 g/mol. The lowest BCUT2D eigenvalue weighted by atomic mass is 10.1. The average molecular weight is 215 g/mol. The Morgan fingerprint density at radius 2 is 1.93 bits per heavy atom. The predicted molar refractivity (Wildman–Crippen MR) is 57.9 cm³/mol. The molecule has 1 aliphatic carbocycles. The summed E-state index contributed by atoms with van der Waals surface area (Å²) in [5, 5.41) is 0. The molecule has 1 saturated heterocycles. The Labute approximate surface area is 89.9 Å². The number of hydrogen-bond donors (Lipinski definition) is 1. The number of rotatable bonds is 1. The number of fused-ring (bicyclic) bond motifs is 1. The molecule has 1 saturated carbocycles. The van der Waals surface area contributed by atoms with Crippen LogP contribution in [0.3, 0.4) is 0 Å². The maximum atomic E-state index is 5.83. The van der Waals surface area contributed by atoms with Crippen molar-refractivity contribution in [3.63, 3.8) is 0 Å². The highest BCUT2D eigenvalue weighted by atomic mass is 32.1. The molecule has 14 heavy (non-hydrogen) atoms. The van der Waals surface area contributed by atoms with Crippen LogP contribution in [0.4, 0.5) is 0 Å². The summed E-state index contributed by atoms with van der Waals surface area (Å²) in [6.07, 6.45) is 1.22. The Morgan fingerprint density at radius 3 is 2.50 bits per heavy atom. The van der Waals surface area contributed by atoms with Crippen LogP contribution in [0.1, 0.15) is 27.2 Å². The molecular formula is C10H17NO2S. The summed E-state index contributed by atoms with van der Waals surface area (Å²) in [5.41, 5.74) is 5.70. The van der Waals surface area contributed by atoms with Gasteiger partial charge in [-0.3, -0.25) is 0 Å². The molecule has 1 aliphatic heterocycles. The number of nitrogens with two attached hydrogens (primary N) is 1. The Hall–Kier alpha value is -0.190. The van der Waals surface area contributed by atoms with Gasteiger partial charge in [0.2, 0.25) is 0 Å². The van der Waals surface area contributed by atoms with Crippen molar-refractivity contribution in [2.24, 2.45) is 17.6 Å². The number of hydrogen-bond acceptors (Lipinski definition) is 3. The van der Waals surface area contributed by atoms with Crippen molar-refractivity contribution in [1.29, 1.82) is 0 Å². The monoisotopic (exact) mass is 215 g/mol. The van der Waals surface area contributed by atoms with Crippen LogP contribution in [0.5, 0.6) is 0 Å². The molecule has 0 radical (unpaired) electrons. The van der Waals surface area contributed by atoms with E-state index in [1.54, 1.807) is 0 Å². The van der Waals surface area contributed by atoms with Gasteiger partial charge < -0.3 is 15.2 Å². The lowest BCUT2D eigenvalue weighted by molar-refractivity contribution is -0.157. The molecule has 2 aliphatic rings. The molecule has 0 bridgehead atoms. The third-order valence-corrected chi connectivity index (χ3v) is 3.41. The normalized spacial score (nSPS) is 45.1.